The molecule has 2 fully saturated rings. The Labute approximate surface area is 135 Å². The van der Waals surface area contributed by atoms with Crippen molar-refractivity contribution in [2.45, 2.75) is 31.7 Å². The molecule has 0 radical (unpaired) electrons. The normalized spacial score (nSPS) is 34.8. The van der Waals surface area contributed by atoms with Gasteiger partial charge in [-0.3, -0.25) is 9.59 Å². The smallest absolute Gasteiger partial charge is 0.309 e. The minimum absolute atomic E-state index is 0.0407. The highest BCUT2D eigenvalue weighted by atomic mass is 16.5. The molecule has 0 aromatic heterocycles. The molecule has 4 atom stereocenters. The number of carbonyl (C=O) groups excluding carboxylic acids is 2. The Kier molecular flexibility index (Phi) is 2.99. The standard InChI is InChI=1S/C18H21NO4/c1-10-9-18-13-4-3-12(20)7-11(13)5-6-19(18)15(21)8-14(18)16(10)17(22)23-2/h3-4,7,10,14,16,20H,5-6,8-9H2,1-2H3/t10-,14?,16?,18?/m0/s1. The Hall–Kier alpha value is -2.04. The highest BCUT2D eigenvalue weighted by molar-refractivity contribution is 5.85. The number of phenols is 1. The number of rotatable bonds is 1. The van der Waals surface area contributed by atoms with Crippen LogP contribution >= 0.6 is 0 Å². The molecule has 4 rings (SSSR count). The number of ether oxygens (including phenoxy) is 1. The fourth-order valence-corrected chi connectivity index (χ4v) is 5.34. The summed E-state index contributed by atoms with van der Waals surface area (Å²) in [5, 5.41) is 9.79. The molecule has 5 nitrogen and oxygen atoms in total. The lowest BCUT2D eigenvalue weighted by molar-refractivity contribution is -0.148. The maximum atomic E-state index is 12.6. The van der Waals surface area contributed by atoms with Gasteiger partial charge in [-0.05, 0) is 42.0 Å². The van der Waals surface area contributed by atoms with Gasteiger partial charge in [0.2, 0.25) is 5.91 Å². The lowest BCUT2D eigenvalue weighted by Gasteiger charge is -2.44. The molecule has 1 aromatic carbocycles. The van der Waals surface area contributed by atoms with E-state index in [0.717, 1.165) is 24.0 Å². The van der Waals surface area contributed by atoms with E-state index in [4.69, 9.17) is 4.74 Å². The molecule has 3 unspecified atom stereocenters. The number of esters is 1. The molecule has 2 aliphatic heterocycles. The summed E-state index contributed by atoms with van der Waals surface area (Å²) in [5.74, 6) is 0.0667. The van der Waals surface area contributed by atoms with Crippen LogP contribution in [-0.4, -0.2) is 35.5 Å². The van der Waals surface area contributed by atoms with Crippen LogP contribution in [0.3, 0.4) is 0 Å². The minimum atomic E-state index is -0.406. The third kappa shape index (κ3) is 1.73. The quantitative estimate of drug-likeness (QED) is 0.803. The van der Waals surface area contributed by atoms with Crippen LogP contribution in [-0.2, 0) is 26.3 Å². The largest absolute Gasteiger partial charge is 0.508 e. The summed E-state index contributed by atoms with van der Waals surface area (Å²) < 4.78 is 5.02. The summed E-state index contributed by atoms with van der Waals surface area (Å²) >= 11 is 0. The second-order valence-electron chi connectivity index (χ2n) is 7.10. The molecule has 1 aliphatic carbocycles. The minimum Gasteiger partial charge on any atom is -0.508 e. The predicted octanol–water partition coefficient (Wildman–Crippen LogP) is 1.82. The average molecular weight is 315 g/mol. The molecule has 1 N–H and O–H groups in total. The number of hydrogen-bond donors (Lipinski definition) is 1. The second-order valence-corrected chi connectivity index (χ2v) is 7.10. The Morgan fingerprint density at radius 1 is 1.43 bits per heavy atom. The van der Waals surface area contributed by atoms with Crippen molar-refractivity contribution < 1.29 is 19.4 Å². The highest BCUT2D eigenvalue weighted by Crippen LogP contribution is 2.61. The second kappa shape index (κ2) is 4.73. The van der Waals surface area contributed by atoms with Gasteiger partial charge in [0.25, 0.3) is 0 Å². The molecule has 0 bridgehead atoms. The molecule has 1 saturated heterocycles. The van der Waals surface area contributed by atoms with Gasteiger partial charge in [0.15, 0.2) is 0 Å². The van der Waals surface area contributed by atoms with Gasteiger partial charge < -0.3 is 14.7 Å². The van der Waals surface area contributed by atoms with Crippen LogP contribution in [0.15, 0.2) is 18.2 Å². The van der Waals surface area contributed by atoms with Crippen LogP contribution in [0.2, 0.25) is 0 Å². The SMILES string of the molecule is COC(=O)C1C2CC(=O)N3CCc4cc(O)ccc4C23C[C@@H]1C. The number of benzene rings is 1. The van der Waals surface area contributed by atoms with Gasteiger partial charge in [0.05, 0.1) is 18.6 Å². The van der Waals surface area contributed by atoms with E-state index in [9.17, 15) is 14.7 Å². The van der Waals surface area contributed by atoms with Crippen molar-refractivity contribution in [3.8, 4) is 5.75 Å². The molecular weight excluding hydrogens is 294 g/mol. The molecule has 1 aromatic rings. The highest BCUT2D eigenvalue weighted by Gasteiger charge is 2.65. The summed E-state index contributed by atoms with van der Waals surface area (Å²) in [4.78, 5) is 26.9. The van der Waals surface area contributed by atoms with Crippen LogP contribution in [0.5, 0.6) is 5.75 Å². The van der Waals surface area contributed by atoms with E-state index < -0.39 is 5.54 Å². The average Bonchev–Trinajstić information content (AvgIpc) is 2.94. The number of carbonyl (C=O) groups is 2. The van der Waals surface area contributed by atoms with Crippen molar-refractivity contribution in [2.24, 2.45) is 17.8 Å². The number of fused-ring (bicyclic) bond motifs is 1. The first-order valence-corrected chi connectivity index (χ1v) is 8.19. The van der Waals surface area contributed by atoms with Gasteiger partial charge in [-0.2, -0.15) is 0 Å². The van der Waals surface area contributed by atoms with Crippen molar-refractivity contribution in [3.05, 3.63) is 29.3 Å². The summed E-state index contributed by atoms with van der Waals surface area (Å²) in [6.45, 7) is 2.73. The van der Waals surface area contributed by atoms with E-state index in [2.05, 4.69) is 6.92 Å². The molecule has 5 heteroatoms. The molecule has 1 saturated carbocycles. The molecule has 122 valence electrons. The Morgan fingerprint density at radius 3 is 2.96 bits per heavy atom. The van der Waals surface area contributed by atoms with Crippen LogP contribution in [0, 0.1) is 17.8 Å². The van der Waals surface area contributed by atoms with Crippen molar-refractivity contribution >= 4 is 11.9 Å². The van der Waals surface area contributed by atoms with Gasteiger partial charge in [-0.25, -0.2) is 0 Å². The van der Waals surface area contributed by atoms with E-state index >= 15 is 0 Å². The summed E-state index contributed by atoms with van der Waals surface area (Å²) in [7, 11) is 1.42. The number of phenolic OH excluding ortho intramolecular Hbond substituents is 1. The van der Waals surface area contributed by atoms with Gasteiger partial charge in [-0.1, -0.05) is 13.0 Å². The van der Waals surface area contributed by atoms with E-state index in [1.165, 1.54) is 7.11 Å². The maximum absolute atomic E-state index is 12.6. The maximum Gasteiger partial charge on any atom is 0.309 e. The number of methoxy groups -OCH3 is 1. The van der Waals surface area contributed by atoms with E-state index in [1.54, 1.807) is 12.1 Å². The van der Waals surface area contributed by atoms with Crippen LogP contribution < -0.4 is 0 Å². The summed E-state index contributed by atoms with van der Waals surface area (Å²) in [5.41, 5.74) is 1.80. The van der Waals surface area contributed by atoms with E-state index in [0.29, 0.717) is 13.0 Å². The first-order chi connectivity index (χ1) is 11.0. The monoisotopic (exact) mass is 315 g/mol. The number of hydrogen-bond acceptors (Lipinski definition) is 4. The predicted molar refractivity (Wildman–Crippen MR) is 82.6 cm³/mol. The molecule has 1 amide bonds. The molecule has 1 spiro atoms. The number of aromatic hydroxyl groups is 1. The third-order valence-corrected chi connectivity index (χ3v) is 6.10. The van der Waals surface area contributed by atoms with E-state index in [-0.39, 0.29) is 35.4 Å². The van der Waals surface area contributed by atoms with E-state index in [1.807, 2.05) is 11.0 Å². The molecule has 23 heavy (non-hydrogen) atoms. The fraction of sp³-hybridized carbons (Fsp3) is 0.556. The zero-order valence-corrected chi connectivity index (χ0v) is 13.4. The zero-order chi connectivity index (χ0) is 16.4. The Bertz CT molecular complexity index is 700. The van der Waals surface area contributed by atoms with Gasteiger partial charge in [0.1, 0.15) is 5.75 Å². The van der Waals surface area contributed by atoms with Gasteiger partial charge in [0, 0.05) is 18.9 Å². The first-order valence-electron chi connectivity index (χ1n) is 8.19. The van der Waals surface area contributed by atoms with Crippen molar-refractivity contribution in [2.75, 3.05) is 13.7 Å². The first kappa shape index (κ1) is 14.5. The van der Waals surface area contributed by atoms with Gasteiger partial charge >= 0.3 is 5.97 Å². The zero-order valence-electron chi connectivity index (χ0n) is 13.4. The summed E-state index contributed by atoms with van der Waals surface area (Å²) in [6.07, 6.45) is 1.94. The Morgan fingerprint density at radius 2 is 2.22 bits per heavy atom. The molecule has 2 heterocycles. The number of nitrogens with zero attached hydrogens (tertiary/aromatic N) is 1. The van der Waals surface area contributed by atoms with Crippen molar-refractivity contribution in [3.63, 3.8) is 0 Å². The summed E-state index contributed by atoms with van der Waals surface area (Å²) in [6, 6.07) is 5.43. The molecular formula is C18H21NO4. The Balaban J connectivity index is 1.89. The van der Waals surface area contributed by atoms with Gasteiger partial charge in [-0.15, -0.1) is 0 Å². The third-order valence-electron chi connectivity index (χ3n) is 6.10. The van der Waals surface area contributed by atoms with Crippen LogP contribution in [0.4, 0.5) is 0 Å². The lowest BCUT2D eigenvalue weighted by atomic mass is 9.74. The van der Waals surface area contributed by atoms with Crippen LogP contribution in [0.1, 0.15) is 30.9 Å². The van der Waals surface area contributed by atoms with Crippen molar-refractivity contribution in [1.82, 2.24) is 4.90 Å². The van der Waals surface area contributed by atoms with Crippen molar-refractivity contribution in [1.29, 1.82) is 0 Å². The number of amides is 1. The lowest BCUT2D eigenvalue weighted by Crippen LogP contribution is -2.49. The fourth-order valence-electron chi connectivity index (χ4n) is 5.34. The molecule has 3 aliphatic rings. The topological polar surface area (TPSA) is 66.8 Å². The van der Waals surface area contributed by atoms with Crippen LogP contribution in [0.25, 0.3) is 0 Å².